The Kier molecular flexibility index (Phi) is 4.77. The Hall–Kier alpha value is -1.76. The highest BCUT2D eigenvalue weighted by molar-refractivity contribution is 7.80. The van der Waals surface area contributed by atoms with Crippen LogP contribution in [0.4, 0.5) is 10.6 Å². The molecule has 1 heterocycles. The van der Waals surface area contributed by atoms with E-state index in [-0.39, 0.29) is 5.11 Å². The summed E-state index contributed by atoms with van der Waals surface area (Å²) < 4.78 is 4.69. The van der Waals surface area contributed by atoms with E-state index in [0.717, 1.165) is 5.69 Å². The van der Waals surface area contributed by atoms with Gasteiger partial charge in [-0.2, -0.15) is 0 Å². The maximum Gasteiger partial charge on any atom is 0.413 e. The molecule has 0 aliphatic heterocycles. The first-order valence-electron chi connectivity index (χ1n) is 5.08. The number of anilines is 1. The fourth-order valence-corrected chi connectivity index (χ4v) is 1.38. The Morgan fingerprint density at radius 3 is 2.76 bits per heavy atom. The number of hydrogen-bond donors (Lipinski definition) is 2. The summed E-state index contributed by atoms with van der Waals surface area (Å²) in [6.07, 6.45) is -0.590. The molecule has 0 radical (unpaired) electrons. The van der Waals surface area contributed by atoms with Crippen molar-refractivity contribution in [1.82, 2.24) is 15.3 Å². The summed E-state index contributed by atoms with van der Waals surface area (Å²) >= 11 is 4.93. The van der Waals surface area contributed by atoms with Gasteiger partial charge in [0.25, 0.3) is 0 Å². The second kappa shape index (κ2) is 6.09. The zero-order chi connectivity index (χ0) is 12.8. The molecule has 0 spiro atoms. The second-order valence-electron chi connectivity index (χ2n) is 3.24. The molecule has 6 nitrogen and oxygen atoms in total. The highest BCUT2D eigenvalue weighted by Crippen LogP contribution is 2.05. The smallest absolute Gasteiger partial charge is 0.413 e. The third kappa shape index (κ3) is 4.73. The fourth-order valence-electron chi connectivity index (χ4n) is 1.19. The largest absolute Gasteiger partial charge is 0.450 e. The number of aryl methyl sites for hydroxylation is 2. The van der Waals surface area contributed by atoms with E-state index in [1.165, 1.54) is 0 Å². The number of carbonyl (C=O) groups is 1. The van der Waals surface area contributed by atoms with Crippen molar-refractivity contribution in [2.75, 3.05) is 11.9 Å². The predicted molar refractivity (Wildman–Crippen MR) is 67.9 cm³/mol. The lowest BCUT2D eigenvalue weighted by atomic mass is 10.4. The van der Waals surface area contributed by atoms with Gasteiger partial charge < -0.3 is 10.1 Å². The van der Waals surface area contributed by atoms with Crippen LogP contribution in [0.25, 0.3) is 0 Å². The molecule has 1 amide bonds. The molecule has 2 N–H and O–H groups in total. The number of ether oxygens (including phenoxy) is 1. The van der Waals surface area contributed by atoms with Gasteiger partial charge in [-0.1, -0.05) is 0 Å². The Labute approximate surface area is 105 Å². The van der Waals surface area contributed by atoms with Gasteiger partial charge in [0.15, 0.2) is 5.11 Å². The summed E-state index contributed by atoms with van der Waals surface area (Å²) in [5.41, 5.74) is 0.818. The Morgan fingerprint density at radius 2 is 2.18 bits per heavy atom. The van der Waals surface area contributed by atoms with E-state index >= 15 is 0 Å². The monoisotopic (exact) mass is 254 g/mol. The number of rotatable bonds is 2. The average Bonchev–Trinajstić information content (AvgIpc) is 2.14. The van der Waals surface area contributed by atoms with Gasteiger partial charge in [-0.25, -0.2) is 14.8 Å². The van der Waals surface area contributed by atoms with Crippen LogP contribution in [0.2, 0.25) is 0 Å². The lowest BCUT2D eigenvalue weighted by Gasteiger charge is -2.09. The first-order chi connectivity index (χ1) is 8.01. The molecular formula is C10H14N4O2S. The predicted octanol–water partition coefficient (Wildman–Crippen LogP) is 1.54. The second-order valence-corrected chi connectivity index (χ2v) is 3.65. The van der Waals surface area contributed by atoms with Gasteiger partial charge in [-0.15, -0.1) is 0 Å². The molecule has 0 aliphatic rings. The molecule has 0 aliphatic carbocycles. The summed E-state index contributed by atoms with van der Waals surface area (Å²) in [4.78, 5) is 19.3. The molecule has 0 fully saturated rings. The van der Waals surface area contributed by atoms with Crippen molar-refractivity contribution in [2.45, 2.75) is 20.8 Å². The Morgan fingerprint density at radius 1 is 1.47 bits per heavy atom. The quantitative estimate of drug-likeness (QED) is 0.780. The molecule has 0 bridgehead atoms. The molecule has 92 valence electrons. The lowest BCUT2D eigenvalue weighted by molar-refractivity contribution is 0.158. The fraction of sp³-hybridized carbons (Fsp3) is 0.400. The number of nitrogens with one attached hydrogen (secondary N) is 2. The number of hydrogen-bond acceptors (Lipinski definition) is 5. The van der Waals surface area contributed by atoms with Crippen LogP contribution in [0, 0.1) is 13.8 Å². The molecule has 7 heteroatoms. The van der Waals surface area contributed by atoms with E-state index < -0.39 is 6.09 Å². The van der Waals surface area contributed by atoms with Crippen molar-refractivity contribution in [1.29, 1.82) is 0 Å². The number of thiocarbonyl (C=S) groups is 1. The van der Waals surface area contributed by atoms with Gasteiger partial charge in [0.05, 0.1) is 6.61 Å². The standard InChI is InChI=1S/C10H14N4O2S/c1-4-16-10(15)14-9(17)13-8-5-6(2)11-7(3)12-8/h5H,4H2,1-3H3,(H2,11,12,13,14,15,17). The Balaban J connectivity index is 2.59. The molecule has 0 saturated heterocycles. The van der Waals surface area contributed by atoms with Crippen molar-refractivity contribution in [3.05, 3.63) is 17.6 Å². The van der Waals surface area contributed by atoms with Gasteiger partial charge in [-0.3, -0.25) is 5.32 Å². The first kappa shape index (κ1) is 13.3. The van der Waals surface area contributed by atoms with Gasteiger partial charge in [0.1, 0.15) is 11.6 Å². The van der Waals surface area contributed by atoms with E-state index in [9.17, 15) is 4.79 Å². The zero-order valence-corrected chi connectivity index (χ0v) is 10.7. The normalized spacial score (nSPS) is 9.59. The first-order valence-corrected chi connectivity index (χ1v) is 5.49. The van der Waals surface area contributed by atoms with E-state index in [1.54, 1.807) is 19.9 Å². The molecular weight excluding hydrogens is 240 g/mol. The summed E-state index contributed by atoms with van der Waals surface area (Å²) in [6.45, 7) is 5.63. The van der Waals surface area contributed by atoms with Crippen LogP contribution in [0.15, 0.2) is 6.07 Å². The van der Waals surface area contributed by atoms with Crippen LogP contribution in [-0.2, 0) is 4.74 Å². The number of aromatic nitrogens is 2. The van der Waals surface area contributed by atoms with E-state index in [0.29, 0.717) is 18.2 Å². The van der Waals surface area contributed by atoms with Crippen molar-refractivity contribution in [2.24, 2.45) is 0 Å². The molecule has 17 heavy (non-hydrogen) atoms. The third-order valence-corrected chi connectivity index (χ3v) is 1.90. The van der Waals surface area contributed by atoms with Gasteiger partial charge >= 0.3 is 6.09 Å². The van der Waals surface area contributed by atoms with Crippen LogP contribution in [0.5, 0.6) is 0 Å². The van der Waals surface area contributed by atoms with Crippen molar-refractivity contribution >= 4 is 29.2 Å². The molecule has 1 rings (SSSR count). The average molecular weight is 254 g/mol. The van der Waals surface area contributed by atoms with E-state index in [4.69, 9.17) is 12.2 Å². The summed E-state index contributed by atoms with van der Waals surface area (Å²) in [6, 6.07) is 1.73. The topological polar surface area (TPSA) is 76.1 Å². The van der Waals surface area contributed by atoms with Crippen molar-refractivity contribution < 1.29 is 9.53 Å². The van der Waals surface area contributed by atoms with Crippen LogP contribution in [0.3, 0.4) is 0 Å². The number of carbonyl (C=O) groups excluding carboxylic acids is 1. The van der Waals surface area contributed by atoms with Gasteiger partial charge in [0, 0.05) is 11.8 Å². The van der Waals surface area contributed by atoms with Crippen LogP contribution < -0.4 is 10.6 Å². The minimum atomic E-state index is -0.590. The number of nitrogens with zero attached hydrogens (tertiary/aromatic N) is 2. The van der Waals surface area contributed by atoms with E-state index in [1.807, 2.05) is 6.92 Å². The number of amides is 1. The van der Waals surface area contributed by atoms with Crippen LogP contribution in [0.1, 0.15) is 18.4 Å². The van der Waals surface area contributed by atoms with Crippen molar-refractivity contribution in [3.8, 4) is 0 Å². The molecule has 0 atom stereocenters. The van der Waals surface area contributed by atoms with E-state index in [2.05, 4.69) is 25.3 Å². The molecule has 0 unspecified atom stereocenters. The van der Waals surface area contributed by atoms with Crippen LogP contribution >= 0.6 is 12.2 Å². The minimum absolute atomic E-state index is 0.140. The van der Waals surface area contributed by atoms with Crippen molar-refractivity contribution in [3.63, 3.8) is 0 Å². The Bertz CT molecular complexity index is 416. The molecule has 1 aromatic rings. The maximum absolute atomic E-state index is 11.1. The SMILES string of the molecule is CCOC(=O)NC(=S)Nc1cc(C)nc(C)n1. The summed E-state index contributed by atoms with van der Waals surface area (Å²) in [5.74, 6) is 1.17. The molecule has 0 saturated carbocycles. The summed E-state index contributed by atoms with van der Waals surface area (Å²) in [7, 11) is 0. The highest BCUT2D eigenvalue weighted by atomic mass is 32.1. The number of alkyl carbamates (subject to hydrolysis) is 1. The van der Waals surface area contributed by atoms with Gasteiger partial charge in [-0.05, 0) is 33.0 Å². The van der Waals surface area contributed by atoms with Crippen LogP contribution in [-0.4, -0.2) is 27.8 Å². The third-order valence-electron chi connectivity index (χ3n) is 1.70. The van der Waals surface area contributed by atoms with Gasteiger partial charge in [0.2, 0.25) is 0 Å². The zero-order valence-electron chi connectivity index (χ0n) is 9.90. The molecule has 0 aromatic carbocycles. The highest BCUT2D eigenvalue weighted by Gasteiger charge is 2.06. The minimum Gasteiger partial charge on any atom is -0.450 e. The lowest BCUT2D eigenvalue weighted by Crippen LogP contribution is -2.34. The summed E-state index contributed by atoms with van der Waals surface area (Å²) in [5, 5.41) is 5.29. The molecule has 1 aromatic heterocycles. The maximum atomic E-state index is 11.1.